The Morgan fingerprint density at radius 1 is 0.857 bits per heavy atom. The molecular weight excluding hydrogens is 350 g/mol. The van der Waals surface area contributed by atoms with Crippen molar-refractivity contribution in [3.8, 4) is 0 Å². The molecule has 0 saturated heterocycles. The lowest BCUT2D eigenvalue weighted by Crippen LogP contribution is -2.10. The Bertz CT molecular complexity index is 936. The molecule has 0 bridgehead atoms. The first kappa shape index (κ1) is 19.4. The first-order valence-corrected chi connectivity index (χ1v) is 9.38. The number of anilines is 5. The van der Waals surface area contributed by atoms with Gasteiger partial charge >= 0.3 is 0 Å². The lowest BCUT2D eigenvalue weighted by Gasteiger charge is -2.11. The molecule has 28 heavy (non-hydrogen) atoms. The van der Waals surface area contributed by atoms with Crippen LogP contribution >= 0.6 is 0 Å². The van der Waals surface area contributed by atoms with Crippen LogP contribution in [0.15, 0.2) is 54.6 Å². The number of carbonyl (C=O) groups excluding carboxylic acids is 1. The fourth-order valence-electron chi connectivity index (χ4n) is 2.69. The molecule has 1 amide bonds. The summed E-state index contributed by atoms with van der Waals surface area (Å²) >= 11 is 0. The molecule has 0 fully saturated rings. The highest BCUT2D eigenvalue weighted by atomic mass is 16.1. The van der Waals surface area contributed by atoms with Gasteiger partial charge in [-0.1, -0.05) is 24.6 Å². The van der Waals surface area contributed by atoms with E-state index in [0.717, 1.165) is 35.0 Å². The van der Waals surface area contributed by atoms with Crippen LogP contribution in [-0.2, 0) is 4.79 Å². The average Bonchev–Trinajstić information content (AvgIpc) is 2.65. The molecule has 0 atom stereocenters. The number of hydrogen-bond donors (Lipinski definition) is 3. The van der Waals surface area contributed by atoms with Crippen molar-refractivity contribution in [2.45, 2.75) is 33.6 Å². The van der Waals surface area contributed by atoms with E-state index in [-0.39, 0.29) is 5.91 Å². The molecule has 3 rings (SSSR count). The zero-order valence-electron chi connectivity index (χ0n) is 16.4. The summed E-state index contributed by atoms with van der Waals surface area (Å²) < 4.78 is 0. The zero-order valence-corrected chi connectivity index (χ0v) is 16.4. The molecule has 0 radical (unpaired) electrons. The topological polar surface area (TPSA) is 78.9 Å². The number of amides is 1. The number of rotatable bonds is 7. The molecule has 6 heteroatoms. The molecule has 0 spiro atoms. The van der Waals surface area contributed by atoms with E-state index in [1.807, 2.05) is 56.3 Å². The molecule has 3 aromatic rings. The smallest absolute Gasteiger partial charge is 0.229 e. The fraction of sp³-hybridized carbons (Fsp3) is 0.227. The van der Waals surface area contributed by atoms with Crippen molar-refractivity contribution < 1.29 is 4.79 Å². The number of aromatic nitrogens is 2. The van der Waals surface area contributed by atoms with Crippen molar-refractivity contribution in [3.05, 3.63) is 65.9 Å². The van der Waals surface area contributed by atoms with Gasteiger partial charge in [0, 0.05) is 35.2 Å². The van der Waals surface area contributed by atoms with Crippen LogP contribution in [0.5, 0.6) is 0 Å². The fourth-order valence-corrected chi connectivity index (χ4v) is 2.69. The summed E-state index contributed by atoms with van der Waals surface area (Å²) in [6.07, 6.45) is 1.35. The van der Waals surface area contributed by atoms with E-state index in [1.54, 1.807) is 0 Å². The molecule has 6 nitrogen and oxygen atoms in total. The zero-order chi connectivity index (χ0) is 19.9. The molecule has 2 aromatic carbocycles. The molecule has 0 aliphatic heterocycles. The second-order valence-electron chi connectivity index (χ2n) is 6.71. The van der Waals surface area contributed by atoms with Crippen molar-refractivity contribution in [3.63, 3.8) is 0 Å². The predicted octanol–water partition coefficient (Wildman–Crippen LogP) is 5.32. The molecule has 0 saturated carbocycles. The first-order chi connectivity index (χ1) is 13.5. The Balaban J connectivity index is 1.69. The van der Waals surface area contributed by atoms with Gasteiger partial charge in [-0.25, -0.2) is 4.98 Å². The van der Waals surface area contributed by atoms with Gasteiger partial charge < -0.3 is 16.0 Å². The van der Waals surface area contributed by atoms with E-state index >= 15 is 0 Å². The third-order valence-electron chi connectivity index (χ3n) is 4.08. The number of carbonyl (C=O) groups is 1. The largest absolute Gasteiger partial charge is 0.340 e. The van der Waals surface area contributed by atoms with Gasteiger partial charge in [-0.3, -0.25) is 4.79 Å². The van der Waals surface area contributed by atoms with Crippen molar-refractivity contribution in [1.82, 2.24) is 9.97 Å². The lowest BCUT2D eigenvalue weighted by atomic mass is 10.2. The second kappa shape index (κ2) is 8.99. The minimum atomic E-state index is 0.0250. The average molecular weight is 375 g/mol. The standard InChI is InChI=1S/C22H25N5O/c1-4-5-21(28)25-18-10-12-19(13-11-18)26-22-23-16(3)14-20(27-22)24-17-8-6-15(2)7-9-17/h6-14H,4-5H2,1-3H3,(H,25,28)(H2,23,24,26,27). The van der Waals surface area contributed by atoms with E-state index in [0.29, 0.717) is 12.4 Å². The van der Waals surface area contributed by atoms with Crippen LogP contribution in [0.4, 0.5) is 28.8 Å². The lowest BCUT2D eigenvalue weighted by molar-refractivity contribution is -0.116. The number of nitrogens with one attached hydrogen (secondary N) is 3. The van der Waals surface area contributed by atoms with Crippen LogP contribution in [-0.4, -0.2) is 15.9 Å². The van der Waals surface area contributed by atoms with Crippen molar-refractivity contribution in [2.24, 2.45) is 0 Å². The molecular formula is C22H25N5O. The summed E-state index contributed by atoms with van der Waals surface area (Å²) in [7, 11) is 0. The summed E-state index contributed by atoms with van der Waals surface area (Å²) in [6, 6.07) is 17.5. The highest BCUT2D eigenvalue weighted by molar-refractivity contribution is 5.90. The molecule has 144 valence electrons. The van der Waals surface area contributed by atoms with Crippen molar-refractivity contribution in [2.75, 3.05) is 16.0 Å². The van der Waals surface area contributed by atoms with E-state index in [4.69, 9.17) is 0 Å². The van der Waals surface area contributed by atoms with Crippen molar-refractivity contribution in [1.29, 1.82) is 0 Å². The maximum atomic E-state index is 11.7. The van der Waals surface area contributed by atoms with E-state index in [2.05, 4.69) is 45.0 Å². The molecule has 1 heterocycles. The summed E-state index contributed by atoms with van der Waals surface area (Å²) in [5.41, 5.74) is 4.66. The molecule has 1 aromatic heterocycles. The normalized spacial score (nSPS) is 10.4. The third-order valence-corrected chi connectivity index (χ3v) is 4.08. The van der Waals surface area contributed by atoms with E-state index in [1.165, 1.54) is 5.56 Å². The maximum absolute atomic E-state index is 11.7. The van der Waals surface area contributed by atoms with Crippen LogP contribution in [0, 0.1) is 13.8 Å². The second-order valence-corrected chi connectivity index (χ2v) is 6.71. The van der Waals surface area contributed by atoms with Crippen molar-refractivity contribution >= 4 is 34.7 Å². The van der Waals surface area contributed by atoms with Crippen LogP contribution in [0.3, 0.4) is 0 Å². The molecule has 0 unspecified atom stereocenters. The molecule has 0 aliphatic carbocycles. The van der Waals surface area contributed by atoms with Gasteiger partial charge in [-0.15, -0.1) is 0 Å². The SMILES string of the molecule is CCCC(=O)Nc1ccc(Nc2nc(C)cc(Nc3ccc(C)cc3)n2)cc1. The van der Waals surface area contributed by atoms with Gasteiger partial charge in [0.25, 0.3) is 0 Å². The monoisotopic (exact) mass is 375 g/mol. The Morgan fingerprint density at radius 3 is 2.14 bits per heavy atom. The van der Waals surface area contributed by atoms with Gasteiger partial charge in [-0.05, 0) is 56.7 Å². The Labute approximate surface area is 165 Å². The van der Waals surface area contributed by atoms with Gasteiger partial charge in [-0.2, -0.15) is 4.98 Å². The Kier molecular flexibility index (Phi) is 6.22. The van der Waals surface area contributed by atoms with Gasteiger partial charge in [0.05, 0.1) is 0 Å². The van der Waals surface area contributed by atoms with Crippen LogP contribution in [0.25, 0.3) is 0 Å². The van der Waals surface area contributed by atoms with E-state index in [9.17, 15) is 4.79 Å². The first-order valence-electron chi connectivity index (χ1n) is 9.38. The number of aryl methyl sites for hydroxylation is 2. The van der Waals surface area contributed by atoms with Crippen LogP contribution < -0.4 is 16.0 Å². The van der Waals surface area contributed by atoms with E-state index < -0.39 is 0 Å². The van der Waals surface area contributed by atoms with Crippen LogP contribution in [0.2, 0.25) is 0 Å². The minimum Gasteiger partial charge on any atom is -0.340 e. The highest BCUT2D eigenvalue weighted by Crippen LogP contribution is 2.21. The maximum Gasteiger partial charge on any atom is 0.229 e. The highest BCUT2D eigenvalue weighted by Gasteiger charge is 2.05. The number of hydrogen-bond acceptors (Lipinski definition) is 5. The number of nitrogens with zero attached hydrogens (tertiary/aromatic N) is 2. The predicted molar refractivity (Wildman–Crippen MR) is 114 cm³/mol. The Hall–Kier alpha value is -3.41. The summed E-state index contributed by atoms with van der Waals surface area (Å²) in [5.74, 6) is 1.26. The van der Waals surface area contributed by atoms with Crippen LogP contribution in [0.1, 0.15) is 31.0 Å². The molecule has 0 aliphatic rings. The van der Waals surface area contributed by atoms with Gasteiger partial charge in [0.15, 0.2) is 0 Å². The quantitative estimate of drug-likeness (QED) is 0.521. The summed E-state index contributed by atoms with van der Waals surface area (Å²) in [4.78, 5) is 20.7. The molecule has 3 N–H and O–H groups in total. The Morgan fingerprint density at radius 2 is 1.46 bits per heavy atom. The summed E-state index contributed by atoms with van der Waals surface area (Å²) in [5, 5.41) is 9.39. The minimum absolute atomic E-state index is 0.0250. The summed E-state index contributed by atoms with van der Waals surface area (Å²) in [6.45, 7) is 5.97. The third kappa shape index (κ3) is 5.54. The van der Waals surface area contributed by atoms with Gasteiger partial charge in [0.1, 0.15) is 5.82 Å². The number of benzene rings is 2. The van der Waals surface area contributed by atoms with Gasteiger partial charge in [0.2, 0.25) is 11.9 Å².